The molecular weight excluding hydrogens is 338 g/mol. The van der Waals surface area contributed by atoms with Gasteiger partial charge >= 0.3 is 6.03 Å². The maximum Gasteiger partial charge on any atom is 0.321 e. The number of nitrogens with one attached hydrogen (secondary N) is 2. The van der Waals surface area contributed by atoms with E-state index in [0.29, 0.717) is 24.7 Å². The average Bonchev–Trinajstić information content (AvgIpc) is 3.13. The molecule has 3 amide bonds. The number of furan rings is 1. The predicted octanol–water partition coefficient (Wildman–Crippen LogP) is 1.38. The molecule has 1 unspecified atom stereocenters. The van der Waals surface area contributed by atoms with Gasteiger partial charge in [0.05, 0.1) is 19.4 Å². The summed E-state index contributed by atoms with van der Waals surface area (Å²) in [7, 11) is 1.78. The van der Waals surface area contributed by atoms with Crippen LogP contribution in [-0.4, -0.2) is 49.7 Å². The molecule has 2 heterocycles. The SMILES string of the molecule is CN(CC(=O)NC(=O)NCc1ccco1)CC1COc2ccccc2O1. The van der Waals surface area contributed by atoms with Crippen molar-refractivity contribution in [2.75, 3.05) is 26.7 Å². The minimum atomic E-state index is -0.564. The van der Waals surface area contributed by atoms with Crippen LogP contribution in [0.5, 0.6) is 11.5 Å². The fraction of sp³-hybridized carbons (Fsp3) is 0.333. The third kappa shape index (κ3) is 5.00. The second-order valence-corrected chi connectivity index (χ2v) is 6.00. The Bertz CT molecular complexity index is 747. The van der Waals surface area contributed by atoms with Crippen molar-refractivity contribution in [2.24, 2.45) is 0 Å². The number of likely N-dealkylation sites (N-methyl/N-ethyl adjacent to an activating group) is 1. The van der Waals surface area contributed by atoms with Gasteiger partial charge in [-0.25, -0.2) is 4.79 Å². The maximum absolute atomic E-state index is 12.0. The molecule has 1 aromatic carbocycles. The summed E-state index contributed by atoms with van der Waals surface area (Å²) in [6, 6.07) is 10.4. The molecule has 0 spiro atoms. The highest BCUT2D eigenvalue weighted by molar-refractivity contribution is 5.95. The number of imide groups is 1. The number of fused-ring (bicyclic) bond motifs is 1. The van der Waals surface area contributed by atoms with Gasteiger partial charge in [-0.1, -0.05) is 12.1 Å². The van der Waals surface area contributed by atoms with E-state index >= 15 is 0 Å². The Hall–Kier alpha value is -3.00. The minimum Gasteiger partial charge on any atom is -0.486 e. The van der Waals surface area contributed by atoms with E-state index in [-0.39, 0.29) is 19.2 Å². The lowest BCUT2D eigenvalue weighted by molar-refractivity contribution is -0.121. The van der Waals surface area contributed by atoms with E-state index in [0.717, 1.165) is 5.75 Å². The average molecular weight is 359 g/mol. The molecule has 1 atom stereocenters. The van der Waals surface area contributed by atoms with E-state index in [1.165, 1.54) is 6.26 Å². The van der Waals surface area contributed by atoms with Crippen LogP contribution in [0, 0.1) is 0 Å². The molecule has 1 aromatic heterocycles. The first-order chi connectivity index (χ1) is 12.6. The first kappa shape index (κ1) is 17.8. The Morgan fingerprint density at radius 2 is 2.00 bits per heavy atom. The zero-order valence-electron chi connectivity index (χ0n) is 14.4. The van der Waals surface area contributed by atoms with Crippen LogP contribution in [0.1, 0.15) is 5.76 Å². The highest BCUT2D eigenvalue weighted by Gasteiger charge is 2.22. The van der Waals surface area contributed by atoms with E-state index in [1.807, 2.05) is 24.3 Å². The van der Waals surface area contributed by atoms with Crippen molar-refractivity contribution in [3.63, 3.8) is 0 Å². The van der Waals surface area contributed by atoms with Gasteiger partial charge in [-0.2, -0.15) is 0 Å². The Balaban J connectivity index is 1.38. The van der Waals surface area contributed by atoms with E-state index in [2.05, 4.69) is 10.6 Å². The van der Waals surface area contributed by atoms with Gasteiger partial charge in [0.1, 0.15) is 18.5 Å². The molecule has 1 aliphatic rings. The van der Waals surface area contributed by atoms with Gasteiger partial charge in [-0.15, -0.1) is 0 Å². The van der Waals surface area contributed by atoms with Crippen molar-refractivity contribution in [3.05, 3.63) is 48.4 Å². The van der Waals surface area contributed by atoms with Crippen LogP contribution in [0.2, 0.25) is 0 Å². The number of hydrogen-bond donors (Lipinski definition) is 2. The van der Waals surface area contributed by atoms with Crippen molar-refractivity contribution in [3.8, 4) is 11.5 Å². The molecule has 0 saturated carbocycles. The number of hydrogen-bond acceptors (Lipinski definition) is 6. The first-order valence-corrected chi connectivity index (χ1v) is 8.27. The number of nitrogens with zero attached hydrogens (tertiary/aromatic N) is 1. The molecular formula is C18H21N3O5. The zero-order chi connectivity index (χ0) is 18.4. The van der Waals surface area contributed by atoms with E-state index in [1.54, 1.807) is 24.1 Å². The summed E-state index contributed by atoms with van der Waals surface area (Å²) in [5, 5.41) is 4.84. The first-order valence-electron chi connectivity index (χ1n) is 8.27. The summed E-state index contributed by atoms with van der Waals surface area (Å²) < 4.78 is 16.6. The lowest BCUT2D eigenvalue weighted by Crippen LogP contribution is -2.46. The van der Waals surface area contributed by atoms with Crippen LogP contribution in [0.25, 0.3) is 0 Å². The molecule has 1 aliphatic heterocycles. The smallest absolute Gasteiger partial charge is 0.321 e. The molecule has 3 rings (SSSR count). The van der Waals surface area contributed by atoms with E-state index < -0.39 is 11.9 Å². The predicted molar refractivity (Wildman–Crippen MR) is 92.9 cm³/mol. The topological polar surface area (TPSA) is 93.0 Å². The Morgan fingerprint density at radius 1 is 1.19 bits per heavy atom. The third-order valence-electron chi connectivity index (χ3n) is 3.75. The van der Waals surface area contributed by atoms with Crippen molar-refractivity contribution in [2.45, 2.75) is 12.6 Å². The number of carbonyl (C=O) groups is 2. The maximum atomic E-state index is 12.0. The number of benzene rings is 1. The largest absolute Gasteiger partial charge is 0.486 e. The summed E-state index contributed by atoms with van der Waals surface area (Å²) in [4.78, 5) is 25.4. The van der Waals surface area contributed by atoms with Crippen LogP contribution >= 0.6 is 0 Å². The molecule has 8 nitrogen and oxygen atoms in total. The third-order valence-corrected chi connectivity index (χ3v) is 3.75. The summed E-state index contributed by atoms with van der Waals surface area (Å²) >= 11 is 0. The summed E-state index contributed by atoms with van der Waals surface area (Å²) in [6.45, 7) is 1.19. The van der Waals surface area contributed by atoms with Crippen LogP contribution in [0.4, 0.5) is 4.79 Å². The minimum absolute atomic E-state index is 0.0652. The number of carbonyl (C=O) groups excluding carboxylic acids is 2. The zero-order valence-corrected chi connectivity index (χ0v) is 14.4. The Labute approximate surface area is 151 Å². The van der Waals surface area contributed by atoms with Gasteiger partial charge in [0.25, 0.3) is 0 Å². The molecule has 138 valence electrons. The fourth-order valence-corrected chi connectivity index (χ4v) is 2.60. The molecule has 0 saturated heterocycles. The van der Waals surface area contributed by atoms with E-state index in [4.69, 9.17) is 13.9 Å². The van der Waals surface area contributed by atoms with Crippen molar-refractivity contribution < 1.29 is 23.5 Å². The van der Waals surface area contributed by atoms with Gasteiger partial charge in [0, 0.05) is 6.54 Å². The molecule has 26 heavy (non-hydrogen) atoms. The van der Waals surface area contributed by atoms with Crippen molar-refractivity contribution >= 4 is 11.9 Å². The van der Waals surface area contributed by atoms with Gasteiger partial charge < -0.3 is 19.2 Å². The molecule has 8 heteroatoms. The number of rotatable bonds is 6. The summed E-state index contributed by atoms with van der Waals surface area (Å²) in [5.41, 5.74) is 0. The normalized spacial score (nSPS) is 15.5. The second kappa shape index (κ2) is 8.39. The standard InChI is InChI=1S/C18H21N3O5/c1-21(10-14-12-25-15-6-2-3-7-16(15)26-14)11-17(22)20-18(23)19-9-13-5-4-8-24-13/h2-8,14H,9-12H2,1H3,(H2,19,20,22,23). The molecule has 0 fully saturated rings. The number of ether oxygens (including phenoxy) is 2. The van der Waals surface area contributed by atoms with Crippen LogP contribution in [0.15, 0.2) is 47.1 Å². The van der Waals surface area contributed by atoms with E-state index in [9.17, 15) is 9.59 Å². The molecule has 0 bridgehead atoms. The van der Waals surface area contributed by atoms with Crippen molar-refractivity contribution in [1.82, 2.24) is 15.5 Å². The monoisotopic (exact) mass is 359 g/mol. The second-order valence-electron chi connectivity index (χ2n) is 6.00. The van der Waals surface area contributed by atoms with Crippen LogP contribution in [0.3, 0.4) is 0 Å². The van der Waals surface area contributed by atoms with Gasteiger partial charge in [-0.3, -0.25) is 15.0 Å². The fourth-order valence-electron chi connectivity index (χ4n) is 2.60. The van der Waals surface area contributed by atoms with Crippen molar-refractivity contribution in [1.29, 1.82) is 0 Å². The highest BCUT2D eigenvalue weighted by Crippen LogP contribution is 2.30. The van der Waals surface area contributed by atoms with Crippen LogP contribution in [-0.2, 0) is 11.3 Å². The quantitative estimate of drug-likeness (QED) is 0.809. The number of para-hydroxylation sites is 2. The number of urea groups is 1. The lowest BCUT2D eigenvalue weighted by Gasteiger charge is -2.29. The molecule has 0 radical (unpaired) electrons. The van der Waals surface area contributed by atoms with Gasteiger partial charge in [0.2, 0.25) is 5.91 Å². The lowest BCUT2D eigenvalue weighted by atomic mass is 10.2. The van der Waals surface area contributed by atoms with Gasteiger partial charge in [-0.05, 0) is 31.3 Å². The van der Waals surface area contributed by atoms with Crippen LogP contribution < -0.4 is 20.1 Å². The summed E-state index contributed by atoms with van der Waals surface area (Å²) in [6.07, 6.45) is 1.33. The Kier molecular flexibility index (Phi) is 5.75. The highest BCUT2D eigenvalue weighted by atomic mass is 16.6. The molecule has 2 aromatic rings. The Morgan fingerprint density at radius 3 is 2.77 bits per heavy atom. The molecule has 2 N–H and O–H groups in total. The number of amides is 3. The van der Waals surface area contributed by atoms with Gasteiger partial charge in [0.15, 0.2) is 11.5 Å². The molecule has 0 aliphatic carbocycles. The summed E-state index contributed by atoms with van der Waals surface area (Å²) in [5.74, 6) is 1.62.